The van der Waals surface area contributed by atoms with Gasteiger partial charge in [0.05, 0.1) is 7.11 Å². The normalized spacial score (nSPS) is 25.2. The molecule has 6 heteroatoms. The monoisotopic (exact) mass is 546 g/mol. The first-order chi connectivity index (χ1) is 15.4. The number of aromatic amines is 1. The van der Waals surface area contributed by atoms with Crippen molar-refractivity contribution in [2.45, 2.75) is 49.5 Å². The number of nitrogens with zero attached hydrogens (tertiary/aromatic N) is 1. The molecule has 0 aliphatic carbocycles. The van der Waals surface area contributed by atoms with Gasteiger partial charge in [0.2, 0.25) is 0 Å². The summed E-state index contributed by atoms with van der Waals surface area (Å²) >= 11 is 2.30. The highest BCUT2D eigenvalue weighted by Gasteiger charge is 2.46. The van der Waals surface area contributed by atoms with E-state index in [1.807, 2.05) is 19.1 Å². The van der Waals surface area contributed by atoms with E-state index in [1.165, 1.54) is 12.7 Å². The largest absolute Gasteiger partial charge is 0.468 e. The van der Waals surface area contributed by atoms with Crippen molar-refractivity contribution in [3.8, 4) is 0 Å². The predicted molar refractivity (Wildman–Crippen MR) is 137 cm³/mol. The van der Waals surface area contributed by atoms with E-state index in [1.54, 1.807) is 6.08 Å². The van der Waals surface area contributed by atoms with Gasteiger partial charge in [-0.25, -0.2) is 0 Å². The number of H-pyrrole nitrogens is 1. The molecule has 0 saturated carbocycles. The molecule has 1 N–H and O–H groups in total. The molecule has 5 nitrogen and oxygen atoms in total. The van der Waals surface area contributed by atoms with Gasteiger partial charge in [0.1, 0.15) is 0 Å². The minimum Gasteiger partial charge on any atom is -0.468 e. The second kappa shape index (κ2) is 9.51. The van der Waals surface area contributed by atoms with E-state index in [0.717, 1.165) is 60.2 Å². The molecule has 0 fully saturated rings. The maximum Gasteiger partial charge on any atom is 0.327 e. The molecule has 2 aliphatic rings. The Balaban J connectivity index is 1.82. The van der Waals surface area contributed by atoms with Gasteiger partial charge in [-0.05, 0) is 54.5 Å². The molecular weight excluding hydrogens is 515 g/mol. The zero-order valence-electron chi connectivity index (χ0n) is 19.0. The molecule has 1 unspecified atom stereocenters. The fourth-order valence-electron chi connectivity index (χ4n) is 5.02. The van der Waals surface area contributed by atoms with Crippen LogP contribution in [-0.4, -0.2) is 41.8 Å². The van der Waals surface area contributed by atoms with Crippen LogP contribution in [0.15, 0.2) is 35.9 Å². The fourth-order valence-corrected chi connectivity index (χ4v) is 6.27. The maximum atomic E-state index is 13.1. The highest BCUT2D eigenvalue weighted by atomic mass is 127. The maximum absolute atomic E-state index is 13.1. The second-order valence-electron chi connectivity index (χ2n) is 8.94. The van der Waals surface area contributed by atoms with Crippen LogP contribution in [0.5, 0.6) is 0 Å². The number of fused-ring (bicyclic) bond motifs is 5. The predicted octanol–water partition coefficient (Wildman–Crippen LogP) is 5.53. The van der Waals surface area contributed by atoms with Crippen LogP contribution < -0.4 is 0 Å². The summed E-state index contributed by atoms with van der Waals surface area (Å²) in [6.07, 6.45) is 9.09. The summed E-state index contributed by atoms with van der Waals surface area (Å²) in [6.45, 7) is 6.91. The fraction of sp³-hybridized carbons (Fsp3) is 0.462. The molecule has 170 valence electrons. The minimum absolute atomic E-state index is 0.146. The molecule has 2 bridgehead atoms. The lowest BCUT2D eigenvalue weighted by Crippen LogP contribution is -2.43. The molecule has 0 saturated heterocycles. The smallest absolute Gasteiger partial charge is 0.327 e. The van der Waals surface area contributed by atoms with E-state index in [4.69, 9.17) is 4.74 Å². The Morgan fingerprint density at radius 2 is 2.12 bits per heavy atom. The zero-order chi connectivity index (χ0) is 22.9. The van der Waals surface area contributed by atoms with Crippen LogP contribution in [0.1, 0.15) is 56.4 Å². The number of ether oxygens (including phenoxy) is 1. The van der Waals surface area contributed by atoms with Crippen molar-refractivity contribution in [1.29, 1.82) is 0 Å². The topological polar surface area (TPSA) is 62.4 Å². The van der Waals surface area contributed by atoms with E-state index in [9.17, 15) is 9.59 Å². The Morgan fingerprint density at radius 3 is 2.84 bits per heavy atom. The number of rotatable bonds is 6. The summed E-state index contributed by atoms with van der Waals surface area (Å²) in [5.41, 5.74) is 5.55. The molecule has 3 atom stereocenters. The average molecular weight is 546 g/mol. The van der Waals surface area contributed by atoms with Crippen LogP contribution in [0.2, 0.25) is 0 Å². The number of ketones is 1. The van der Waals surface area contributed by atoms with E-state index in [2.05, 4.69) is 57.6 Å². The molecule has 1 aromatic heterocycles. The highest BCUT2D eigenvalue weighted by molar-refractivity contribution is 14.1. The van der Waals surface area contributed by atoms with Gasteiger partial charge >= 0.3 is 5.97 Å². The SMILES string of the molecule is CCCC(=O)/C=C/c1ccc2[nH]c3c(c2c1)CN1CC(CC)=C[C@@H](C1)C[C@@]3(I)C(=O)OC. The Labute approximate surface area is 203 Å². The van der Waals surface area contributed by atoms with Gasteiger partial charge in [-0.3, -0.25) is 14.5 Å². The summed E-state index contributed by atoms with van der Waals surface area (Å²) in [6, 6.07) is 6.20. The molecule has 4 rings (SSSR count). The van der Waals surface area contributed by atoms with Gasteiger partial charge in [-0.15, -0.1) is 0 Å². The number of allylic oxidation sites excluding steroid dienone is 1. The van der Waals surface area contributed by atoms with Crippen molar-refractivity contribution in [1.82, 2.24) is 9.88 Å². The summed E-state index contributed by atoms with van der Waals surface area (Å²) in [7, 11) is 1.47. The lowest BCUT2D eigenvalue weighted by Gasteiger charge is -2.39. The Kier molecular flexibility index (Phi) is 6.91. The van der Waals surface area contributed by atoms with Crippen molar-refractivity contribution < 1.29 is 14.3 Å². The first kappa shape index (κ1) is 23.2. The third-order valence-electron chi connectivity index (χ3n) is 6.56. The van der Waals surface area contributed by atoms with Crippen LogP contribution in [0.25, 0.3) is 17.0 Å². The summed E-state index contributed by atoms with van der Waals surface area (Å²) in [4.78, 5) is 31.1. The van der Waals surface area contributed by atoms with Crippen LogP contribution in [0.3, 0.4) is 0 Å². The van der Waals surface area contributed by atoms with Crippen molar-refractivity contribution in [2.75, 3.05) is 20.2 Å². The van der Waals surface area contributed by atoms with Crippen molar-refractivity contribution in [3.05, 3.63) is 52.7 Å². The minimum atomic E-state index is -0.766. The Morgan fingerprint density at radius 1 is 1.31 bits per heavy atom. The molecule has 32 heavy (non-hydrogen) atoms. The van der Waals surface area contributed by atoms with Gasteiger partial charge in [0.15, 0.2) is 9.20 Å². The standard InChI is InChI=1S/C26H31IN2O3/c1-4-6-20(30)9-7-18-8-10-23-21(12-18)22-16-29-14-17(5-2)11-19(15-29)13-26(27,24(22)28-23)25(31)32-3/h7-12,19,28H,4-6,13-16H2,1-3H3/b9-7+/t19-,26+/m1/s1. The van der Waals surface area contributed by atoms with Gasteiger partial charge in [-0.1, -0.05) is 60.2 Å². The first-order valence-electron chi connectivity index (χ1n) is 11.4. The number of hydrogen-bond acceptors (Lipinski definition) is 4. The zero-order valence-corrected chi connectivity index (χ0v) is 21.2. The Bertz CT molecular complexity index is 1100. The number of esters is 1. The van der Waals surface area contributed by atoms with E-state index in [0.29, 0.717) is 18.8 Å². The molecule has 0 spiro atoms. The first-order valence-corrected chi connectivity index (χ1v) is 12.5. The third-order valence-corrected chi connectivity index (χ3v) is 7.98. The van der Waals surface area contributed by atoms with E-state index in [-0.39, 0.29) is 11.8 Å². The number of alkyl halides is 1. The number of aromatic nitrogens is 1. The summed E-state index contributed by atoms with van der Waals surface area (Å²) < 4.78 is 4.53. The van der Waals surface area contributed by atoms with Gasteiger partial charge < -0.3 is 9.72 Å². The highest BCUT2D eigenvalue weighted by Crippen LogP contribution is 2.46. The molecule has 0 amide bonds. The average Bonchev–Trinajstić information content (AvgIpc) is 3.14. The second-order valence-corrected chi connectivity index (χ2v) is 10.8. The summed E-state index contributed by atoms with van der Waals surface area (Å²) in [5, 5.41) is 1.11. The number of nitrogens with one attached hydrogen (secondary N) is 1. The number of carbonyl (C=O) groups excluding carboxylic acids is 2. The molecule has 2 aliphatic heterocycles. The number of methoxy groups -OCH3 is 1. The van der Waals surface area contributed by atoms with E-state index >= 15 is 0 Å². The van der Waals surface area contributed by atoms with Crippen molar-refractivity contribution in [3.63, 3.8) is 0 Å². The number of carbonyl (C=O) groups is 2. The lowest BCUT2D eigenvalue weighted by atomic mass is 9.84. The van der Waals surface area contributed by atoms with Gasteiger partial charge in [0.25, 0.3) is 0 Å². The number of halogens is 1. The van der Waals surface area contributed by atoms with E-state index < -0.39 is 3.42 Å². The van der Waals surface area contributed by atoms with Gasteiger partial charge in [0, 0.05) is 42.7 Å². The van der Waals surface area contributed by atoms with Crippen molar-refractivity contribution >= 4 is 51.3 Å². The molecule has 3 heterocycles. The lowest BCUT2D eigenvalue weighted by molar-refractivity contribution is -0.143. The molecule has 0 radical (unpaired) electrons. The van der Waals surface area contributed by atoms with Gasteiger partial charge in [-0.2, -0.15) is 0 Å². The Hall–Kier alpha value is -1.93. The molecule has 2 aromatic rings. The van der Waals surface area contributed by atoms with Crippen molar-refractivity contribution in [2.24, 2.45) is 5.92 Å². The molecular formula is C26H31IN2O3. The number of benzene rings is 1. The quantitative estimate of drug-likeness (QED) is 0.170. The van der Waals surface area contributed by atoms with Crippen LogP contribution in [0.4, 0.5) is 0 Å². The van der Waals surface area contributed by atoms with Crippen LogP contribution in [-0.2, 0) is 24.3 Å². The van der Waals surface area contributed by atoms with Crippen LogP contribution in [0, 0.1) is 5.92 Å². The molecule has 1 aromatic carbocycles. The summed E-state index contributed by atoms with van der Waals surface area (Å²) in [5.74, 6) is 0.256. The number of hydrogen-bond donors (Lipinski definition) is 1. The third kappa shape index (κ3) is 4.44. The van der Waals surface area contributed by atoms with Crippen LogP contribution >= 0.6 is 22.6 Å².